The van der Waals surface area contributed by atoms with Crippen molar-refractivity contribution in [3.8, 4) is 0 Å². The number of hydrogen-bond acceptors (Lipinski definition) is 4. The molecule has 1 aromatic rings. The number of anilines is 2. The Bertz CT molecular complexity index is 383. The van der Waals surface area contributed by atoms with Crippen LogP contribution in [0.4, 0.5) is 11.4 Å². The van der Waals surface area contributed by atoms with Crippen LogP contribution < -0.4 is 11.1 Å². The second-order valence-corrected chi connectivity index (χ2v) is 4.00. The van der Waals surface area contributed by atoms with Crippen LogP contribution in [0.5, 0.6) is 0 Å². The number of esters is 1. The molecule has 0 radical (unpaired) electrons. The van der Waals surface area contributed by atoms with Crippen molar-refractivity contribution in [2.24, 2.45) is 0 Å². The summed E-state index contributed by atoms with van der Waals surface area (Å²) >= 11 is 5.85. The average molecular weight is 257 g/mol. The molecule has 17 heavy (non-hydrogen) atoms. The molecule has 0 aromatic heterocycles. The number of nitrogen functional groups attached to an aromatic ring is 1. The molecule has 0 atom stereocenters. The summed E-state index contributed by atoms with van der Waals surface area (Å²) in [5.41, 5.74) is 7.20. The Morgan fingerprint density at radius 3 is 3.00 bits per heavy atom. The van der Waals surface area contributed by atoms with E-state index in [-0.39, 0.29) is 5.97 Å². The van der Waals surface area contributed by atoms with Crippen LogP contribution in [0.2, 0.25) is 5.02 Å². The lowest BCUT2D eigenvalue weighted by Crippen LogP contribution is -2.09. The highest BCUT2D eigenvalue weighted by molar-refractivity contribution is 6.31. The first-order valence-electron chi connectivity index (χ1n) is 5.58. The molecule has 0 saturated heterocycles. The van der Waals surface area contributed by atoms with E-state index in [4.69, 9.17) is 22.1 Å². The van der Waals surface area contributed by atoms with E-state index in [9.17, 15) is 4.79 Å². The van der Waals surface area contributed by atoms with E-state index in [0.717, 1.165) is 5.69 Å². The van der Waals surface area contributed by atoms with Gasteiger partial charge in [0, 0.05) is 18.0 Å². The standard InChI is InChI=1S/C12H17ClN2O2/c1-2-17-12(16)4-3-7-15-11-8-9(13)5-6-10(11)14/h5-6,8,15H,2-4,7,14H2,1H3. The predicted octanol–water partition coefficient (Wildman–Crippen LogP) is 2.68. The molecule has 0 aliphatic carbocycles. The lowest BCUT2D eigenvalue weighted by atomic mass is 10.2. The first kappa shape index (κ1) is 13.6. The summed E-state index contributed by atoms with van der Waals surface area (Å²) in [5, 5.41) is 3.77. The Labute approximate surface area is 106 Å². The summed E-state index contributed by atoms with van der Waals surface area (Å²) in [6, 6.07) is 5.25. The predicted molar refractivity (Wildman–Crippen MR) is 70.2 cm³/mol. The minimum absolute atomic E-state index is 0.173. The number of benzene rings is 1. The first-order chi connectivity index (χ1) is 8.13. The monoisotopic (exact) mass is 256 g/mol. The zero-order valence-corrected chi connectivity index (χ0v) is 10.6. The van der Waals surface area contributed by atoms with Gasteiger partial charge < -0.3 is 15.8 Å². The summed E-state index contributed by atoms with van der Waals surface area (Å²) in [4.78, 5) is 11.1. The van der Waals surface area contributed by atoms with Crippen molar-refractivity contribution in [3.63, 3.8) is 0 Å². The SMILES string of the molecule is CCOC(=O)CCCNc1cc(Cl)ccc1N. The highest BCUT2D eigenvalue weighted by Crippen LogP contribution is 2.22. The summed E-state index contributed by atoms with van der Waals surface area (Å²) in [6.07, 6.45) is 1.10. The van der Waals surface area contributed by atoms with Crippen LogP contribution in [0, 0.1) is 0 Å². The average Bonchev–Trinajstić information content (AvgIpc) is 2.29. The molecular formula is C12H17ClN2O2. The van der Waals surface area contributed by atoms with Gasteiger partial charge in [-0.05, 0) is 31.5 Å². The van der Waals surface area contributed by atoms with Gasteiger partial charge in [0.1, 0.15) is 0 Å². The number of rotatable bonds is 6. The third-order valence-corrected chi connectivity index (χ3v) is 2.43. The third kappa shape index (κ3) is 4.95. The summed E-state index contributed by atoms with van der Waals surface area (Å²) in [5.74, 6) is -0.173. The van der Waals surface area contributed by atoms with Crippen molar-refractivity contribution in [1.82, 2.24) is 0 Å². The number of nitrogens with one attached hydrogen (secondary N) is 1. The van der Waals surface area contributed by atoms with Crippen LogP contribution in [0.3, 0.4) is 0 Å². The summed E-state index contributed by atoms with van der Waals surface area (Å²) in [7, 11) is 0. The van der Waals surface area contributed by atoms with Gasteiger partial charge in [0.25, 0.3) is 0 Å². The van der Waals surface area contributed by atoms with E-state index >= 15 is 0 Å². The van der Waals surface area contributed by atoms with Crippen LogP contribution in [0.1, 0.15) is 19.8 Å². The van der Waals surface area contributed by atoms with Crippen molar-refractivity contribution in [2.45, 2.75) is 19.8 Å². The van der Waals surface area contributed by atoms with E-state index in [0.29, 0.717) is 36.7 Å². The smallest absolute Gasteiger partial charge is 0.305 e. The van der Waals surface area contributed by atoms with Gasteiger partial charge in [0.15, 0.2) is 0 Å². The molecule has 94 valence electrons. The minimum atomic E-state index is -0.173. The van der Waals surface area contributed by atoms with Gasteiger partial charge >= 0.3 is 5.97 Å². The van der Waals surface area contributed by atoms with Gasteiger partial charge in [0.05, 0.1) is 18.0 Å². The van der Waals surface area contributed by atoms with Crippen LogP contribution in [-0.2, 0) is 9.53 Å². The fourth-order valence-corrected chi connectivity index (χ4v) is 1.54. The quantitative estimate of drug-likeness (QED) is 0.467. The van der Waals surface area contributed by atoms with Gasteiger partial charge in [-0.2, -0.15) is 0 Å². The van der Waals surface area contributed by atoms with Gasteiger partial charge in [-0.25, -0.2) is 0 Å². The second kappa shape index (κ2) is 7.01. The maximum Gasteiger partial charge on any atom is 0.305 e. The molecule has 1 rings (SSSR count). The topological polar surface area (TPSA) is 64.3 Å². The van der Waals surface area contributed by atoms with Crippen molar-refractivity contribution < 1.29 is 9.53 Å². The number of carbonyl (C=O) groups excluding carboxylic acids is 1. The number of hydrogen-bond donors (Lipinski definition) is 2. The van der Waals surface area contributed by atoms with Gasteiger partial charge in [-0.3, -0.25) is 4.79 Å². The van der Waals surface area contributed by atoms with Gasteiger partial charge in [-0.1, -0.05) is 11.6 Å². The summed E-state index contributed by atoms with van der Waals surface area (Å²) in [6.45, 7) is 2.87. The number of ether oxygens (including phenoxy) is 1. The number of carbonyl (C=O) groups is 1. The van der Waals surface area contributed by atoms with Crippen molar-refractivity contribution >= 4 is 28.9 Å². The Morgan fingerprint density at radius 2 is 2.29 bits per heavy atom. The second-order valence-electron chi connectivity index (χ2n) is 3.57. The largest absolute Gasteiger partial charge is 0.466 e. The molecule has 0 bridgehead atoms. The maximum atomic E-state index is 11.1. The Balaban J connectivity index is 2.31. The lowest BCUT2D eigenvalue weighted by Gasteiger charge is -2.09. The van der Waals surface area contributed by atoms with E-state index in [1.807, 2.05) is 0 Å². The molecule has 0 heterocycles. The van der Waals surface area contributed by atoms with Gasteiger partial charge in [-0.15, -0.1) is 0 Å². The molecule has 0 fully saturated rings. The normalized spacial score (nSPS) is 10.0. The number of halogens is 1. The lowest BCUT2D eigenvalue weighted by molar-refractivity contribution is -0.143. The first-order valence-corrected chi connectivity index (χ1v) is 5.95. The number of nitrogens with two attached hydrogens (primary N) is 1. The van der Waals surface area contributed by atoms with E-state index in [2.05, 4.69) is 5.32 Å². The molecule has 5 heteroatoms. The van der Waals surface area contributed by atoms with E-state index in [1.165, 1.54) is 0 Å². The van der Waals surface area contributed by atoms with Crippen LogP contribution in [-0.4, -0.2) is 19.1 Å². The highest BCUT2D eigenvalue weighted by Gasteiger charge is 2.02. The minimum Gasteiger partial charge on any atom is -0.466 e. The molecule has 0 amide bonds. The molecule has 0 aliphatic rings. The highest BCUT2D eigenvalue weighted by atomic mass is 35.5. The van der Waals surface area contributed by atoms with E-state index in [1.54, 1.807) is 25.1 Å². The maximum absolute atomic E-state index is 11.1. The molecule has 4 nitrogen and oxygen atoms in total. The summed E-state index contributed by atoms with van der Waals surface area (Å²) < 4.78 is 4.82. The fraction of sp³-hybridized carbons (Fsp3) is 0.417. The Morgan fingerprint density at radius 1 is 1.53 bits per heavy atom. The molecule has 0 aliphatic heterocycles. The molecule has 0 saturated carbocycles. The van der Waals surface area contributed by atoms with Crippen molar-refractivity contribution in [1.29, 1.82) is 0 Å². The van der Waals surface area contributed by atoms with Crippen LogP contribution in [0.15, 0.2) is 18.2 Å². The van der Waals surface area contributed by atoms with Crippen LogP contribution in [0.25, 0.3) is 0 Å². The molecule has 0 unspecified atom stereocenters. The molecule has 0 spiro atoms. The van der Waals surface area contributed by atoms with Crippen molar-refractivity contribution in [2.75, 3.05) is 24.2 Å². The zero-order valence-electron chi connectivity index (χ0n) is 9.83. The fourth-order valence-electron chi connectivity index (χ4n) is 1.37. The molecule has 3 N–H and O–H groups in total. The zero-order chi connectivity index (χ0) is 12.7. The Kier molecular flexibility index (Phi) is 5.63. The van der Waals surface area contributed by atoms with Crippen molar-refractivity contribution in [3.05, 3.63) is 23.2 Å². The molecule has 1 aromatic carbocycles. The van der Waals surface area contributed by atoms with E-state index < -0.39 is 0 Å². The molecular weight excluding hydrogens is 240 g/mol. The Hall–Kier alpha value is -1.42. The van der Waals surface area contributed by atoms with Crippen LogP contribution >= 0.6 is 11.6 Å². The third-order valence-electron chi connectivity index (χ3n) is 2.19. The van der Waals surface area contributed by atoms with Gasteiger partial charge in [0.2, 0.25) is 0 Å².